The van der Waals surface area contributed by atoms with Crippen molar-refractivity contribution >= 4 is 11.9 Å². The molecule has 1 aliphatic rings. The third-order valence-corrected chi connectivity index (χ3v) is 0.761. The summed E-state index contributed by atoms with van der Waals surface area (Å²) < 4.78 is 4.08. The first-order valence-corrected chi connectivity index (χ1v) is 2.02. The molecule has 1 aliphatic heterocycles. The SMILES string of the molecule is O=C1CCC(=O)O1.[Ar]. The summed E-state index contributed by atoms with van der Waals surface area (Å²) in [5.41, 5.74) is 0. The Morgan fingerprint density at radius 1 is 1.12 bits per heavy atom. The summed E-state index contributed by atoms with van der Waals surface area (Å²) in [7, 11) is 0. The first kappa shape index (κ1) is 8.40. The van der Waals surface area contributed by atoms with Crippen molar-refractivity contribution < 1.29 is 52.1 Å². The Hall–Kier alpha value is 0.400. The second kappa shape index (κ2) is 3.43. The summed E-state index contributed by atoms with van der Waals surface area (Å²) in [6, 6.07) is 0. The van der Waals surface area contributed by atoms with Gasteiger partial charge in [0.25, 0.3) is 0 Å². The summed E-state index contributed by atoms with van der Waals surface area (Å²) in [6.07, 6.45) is 0.525. The molecule has 1 rings (SSSR count). The Kier molecular flexibility index (Phi) is 3.60. The summed E-state index contributed by atoms with van der Waals surface area (Å²) in [5, 5.41) is 0. The van der Waals surface area contributed by atoms with Crippen molar-refractivity contribution in [3.05, 3.63) is 0 Å². The van der Waals surface area contributed by atoms with Crippen LogP contribution >= 0.6 is 0 Å². The largest absolute Gasteiger partial charge is 0.393 e. The van der Waals surface area contributed by atoms with Crippen LogP contribution in [0.15, 0.2) is 0 Å². The van der Waals surface area contributed by atoms with Crippen LogP contribution in [0.4, 0.5) is 0 Å². The van der Waals surface area contributed by atoms with E-state index >= 15 is 0 Å². The molecule has 0 saturated carbocycles. The van der Waals surface area contributed by atoms with Crippen molar-refractivity contribution in [1.29, 1.82) is 0 Å². The Morgan fingerprint density at radius 3 is 1.62 bits per heavy atom. The van der Waals surface area contributed by atoms with Gasteiger partial charge < -0.3 is 4.74 Å². The van der Waals surface area contributed by atoms with Crippen LogP contribution in [0.3, 0.4) is 0 Å². The summed E-state index contributed by atoms with van der Waals surface area (Å²) in [5.74, 6) is -0.796. The molecule has 0 radical (unpaired) electrons. The summed E-state index contributed by atoms with van der Waals surface area (Å²) in [4.78, 5) is 20.0. The number of cyclic esters (lactones) is 2. The van der Waals surface area contributed by atoms with Gasteiger partial charge in [0.05, 0.1) is 12.8 Å². The van der Waals surface area contributed by atoms with Crippen molar-refractivity contribution in [2.45, 2.75) is 12.8 Å². The second-order valence-corrected chi connectivity index (χ2v) is 1.35. The van der Waals surface area contributed by atoms with Crippen molar-refractivity contribution in [3.63, 3.8) is 0 Å². The van der Waals surface area contributed by atoms with Crippen LogP contribution in [0.5, 0.6) is 0 Å². The molecule has 0 aromatic rings. The van der Waals surface area contributed by atoms with Crippen LogP contribution in [0.2, 0.25) is 0 Å². The minimum atomic E-state index is -0.398. The number of carbonyl (C=O) groups is 2. The Balaban J connectivity index is 0.000000490. The normalized spacial score (nSPS) is 17.5. The van der Waals surface area contributed by atoms with Gasteiger partial charge in [-0.2, -0.15) is 0 Å². The standard InChI is InChI=1S/C4H4O3.Ar/c5-3-1-2-4(6)7-3;/h1-2H2;. The predicted molar refractivity (Wildman–Crippen MR) is 20.3 cm³/mol. The third-order valence-electron chi connectivity index (χ3n) is 0.761. The van der Waals surface area contributed by atoms with Crippen LogP contribution in [-0.4, -0.2) is 11.9 Å². The number of ether oxygens (including phenoxy) is 1. The Morgan fingerprint density at radius 2 is 1.50 bits per heavy atom. The zero-order valence-corrected chi connectivity index (χ0v) is 4.70. The van der Waals surface area contributed by atoms with Gasteiger partial charge in [-0.3, -0.25) is 9.59 Å². The number of esters is 2. The minimum absolute atomic E-state index is 0. The molecular weight excluding hydrogens is 136 g/mol. The smallest absolute Gasteiger partial charge is 0.314 e. The molecule has 8 heavy (non-hydrogen) atoms. The monoisotopic (exact) mass is 140 g/mol. The zero-order chi connectivity index (χ0) is 5.28. The van der Waals surface area contributed by atoms with E-state index in [4.69, 9.17) is 0 Å². The molecule has 0 aliphatic carbocycles. The first-order valence-electron chi connectivity index (χ1n) is 2.02. The number of carbonyl (C=O) groups excluding carboxylic acids is 2. The number of rotatable bonds is 0. The molecule has 0 aromatic carbocycles. The zero-order valence-electron chi connectivity index (χ0n) is 3.99. The first-order chi connectivity index (χ1) is 3.29. The van der Waals surface area contributed by atoms with E-state index in [1.165, 1.54) is 0 Å². The molecule has 4 heteroatoms. The molecule has 1 saturated heterocycles. The van der Waals surface area contributed by atoms with Gasteiger partial charge in [-0.05, 0) is 0 Å². The van der Waals surface area contributed by atoms with Gasteiger partial charge in [-0.25, -0.2) is 0 Å². The second-order valence-electron chi connectivity index (χ2n) is 1.35. The quantitative estimate of drug-likeness (QED) is 0.347. The molecule has 0 aromatic heterocycles. The van der Waals surface area contributed by atoms with Gasteiger partial charge in [0.15, 0.2) is 0 Å². The molecule has 0 unspecified atom stereocenters. The van der Waals surface area contributed by atoms with Crippen LogP contribution in [-0.2, 0) is 14.3 Å². The average Bonchev–Trinajstić information content (AvgIpc) is 1.87. The fourth-order valence-corrected chi connectivity index (χ4v) is 0.433. The maximum atomic E-state index is 10.0. The molecule has 0 spiro atoms. The van der Waals surface area contributed by atoms with Crippen molar-refractivity contribution in [3.8, 4) is 0 Å². The third kappa shape index (κ3) is 2.11. The van der Waals surface area contributed by atoms with E-state index in [-0.39, 0.29) is 50.6 Å². The topological polar surface area (TPSA) is 43.4 Å². The van der Waals surface area contributed by atoms with Gasteiger partial charge in [0, 0.05) is 37.7 Å². The van der Waals surface area contributed by atoms with Crippen molar-refractivity contribution in [2.24, 2.45) is 0 Å². The number of hydrogen-bond donors (Lipinski definition) is 0. The van der Waals surface area contributed by atoms with Crippen molar-refractivity contribution in [2.75, 3.05) is 0 Å². The van der Waals surface area contributed by atoms with Crippen molar-refractivity contribution in [1.82, 2.24) is 0 Å². The van der Waals surface area contributed by atoms with Crippen LogP contribution < -0.4 is 0 Å². The molecule has 0 atom stereocenters. The summed E-state index contributed by atoms with van der Waals surface area (Å²) >= 11 is 0. The minimum Gasteiger partial charge on any atom is -0.393 e. The maximum Gasteiger partial charge on any atom is 0.314 e. The van der Waals surface area contributed by atoms with Gasteiger partial charge in [0.2, 0.25) is 0 Å². The van der Waals surface area contributed by atoms with Crippen LogP contribution in [0, 0.1) is 37.7 Å². The Bertz CT molecular complexity index is 106. The van der Waals surface area contributed by atoms with Crippen LogP contribution in [0.25, 0.3) is 0 Å². The van der Waals surface area contributed by atoms with E-state index in [1.54, 1.807) is 0 Å². The molecule has 3 nitrogen and oxygen atoms in total. The van der Waals surface area contributed by atoms with E-state index in [9.17, 15) is 9.59 Å². The fraction of sp³-hybridized carbons (Fsp3) is 0.500. The van der Waals surface area contributed by atoms with E-state index in [1.807, 2.05) is 0 Å². The predicted octanol–water partition coefficient (Wildman–Crippen LogP) is -0.150. The van der Waals surface area contributed by atoms with Gasteiger partial charge in [0.1, 0.15) is 0 Å². The van der Waals surface area contributed by atoms with Gasteiger partial charge in [-0.1, -0.05) is 0 Å². The molecule has 0 N–H and O–H groups in total. The average molecular weight is 140 g/mol. The van der Waals surface area contributed by atoms with E-state index in [0.29, 0.717) is 0 Å². The molecule has 1 fully saturated rings. The molecule has 1 heterocycles. The van der Waals surface area contributed by atoms with E-state index in [0.717, 1.165) is 0 Å². The molecular formula is C4H4ArO3. The maximum absolute atomic E-state index is 10.0. The molecule has 46 valence electrons. The van der Waals surface area contributed by atoms with Gasteiger partial charge in [-0.15, -0.1) is 0 Å². The van der Waals surface area contributed by atoms with Gasteiger partial charge >= 0.3 is 11.9 Å². The Labute approximate surface area is 76.4 Å². The molecule has 0 bridgehead atoms. The van der Waals surface area contributed by atoms with Crippen LogP contribution in [0.1, 0.15) is 12.8 Å². The van der Waals surface area contributed by atoms with E-state index in [2.05, 4.69) is 4.74 Å². The number of hydrogen-bond acceptors (Lipinski definition) is 3. The molecule has 0 amide bonds. The van der Waals surface area contributed by atoms with E-state index < -0.39 is 11.9 Å². The summed E-state index contributed by atoms with van der Waals surface area (Å²) in [6.45, 7) is 0. The fourth-order valence-electron chi connectivity index (χ4n) is 0.433.